The predicted octanol–water partition coefficient (Wildman–Crippen LogP) is 3.77. The molecular weight excluding hydrogens is 422 g/mol. The monoisotopic (exact) mass is 463 g/mol. The van der Waals surface area contributed by atoms with Crippen LogP contribution in [0.5, 0.6) is 0 Å². The Kier molecular flexibility index (Phi) is 7.73. The predicted molar refractivity (Wildman–Crippen MR) is 129 cm³/mol. The third-order valence-electron chi connectivity index (χ3n) is 7.09. The molecule has 0 atom stereocenters. The molecule has 6 nitrogen and oxygen atoms in total. The molecule has 1 aromatic carbocycles. The van der Waals surface area contributed by atoms with Gasteiger partial charge in [0.25, 0.3) is 0 Å². The summed E-state index contributed by atoms with van der Waals surface area (Å²) in [5.41, 5.74) is 1.04. The van der Waals surface area contributed by atoms with Crippen LogP contribution in [-0.2, 0) is 20.2 Å². The molecule has 7 heteroatoms. The van der Waals surface area contributed by atoms with Gasteiger partial charge in [-0.05, 0) is 75.7 Å². The molecule has 0 saturated carbocycles. The van der Waals surface area contributed by atoms with Crippen LogP contribution in [0.15, 0.2) is 29.2 Å². The first-order valence-electron chi connectivity index (χ1n) is 12.0. The number of nitrogens with one attached hydrogen (secondary N) is 1. The smallest absolute Gasteiger partial charge is 0.243 e. The van der Waals surface area contributed by atoms with Crippen LogP contribution in [0, 0.1) is 5.92 Å². The lowest BCUT2D eigenvalue weighted by molar-refractivity contribution is -0.126. The summed E-state index contributed by atoms with van der Waals surface area (Å²) in [5.74, 6) is -0.0662. The summed E-state index contributed by atoms with van der Waals surface area (Å²) >= 11 is 0. The topological polar surface area (TPSA) is 69.7 Å². The zero-order chi connectivity index (χ0) is 23.6. The van der Waals surface area contributed by atoms with Crippen molar-refractivity contribution in [2.45, 2.75) is 82.6 Å². The molecular formula is C25H41N3O3S. The summed E-state index contributed by atoms with van der Waals surface area (Å²) in [6, 6.07) is 7.21. The van der Waals surface area contributed by atoms with Crippen LogP contribution in [0.2, 0.25) is 0 Å². The van der Waals surface area contributed by atoms with Gasteiger partial charge < -0.3 is 5.32 Å². The average molecular weight is 464 g/mol. The highest BCUT2D eigenvalue weighted by Crippen LogP contribution is 2.27. The molecule has 0 spiro atoms. The van der Waals surface area contributed by atoms with Crippen molar-refractivity contribution < 1.29 is 13.2 Å². The quantitative estimate of drug-likeness (QED) is 0.697. The Labute approximate surface area is 194 Å². The van der Waals surface area contributed by atoms with Crippen LogP contribution in [0.3, 0.4) is 0 Å². The third-order valence-corrected chi connectivity index (χ3v) is 9.00. The minimum Gasteiger partial charge on any atom is -0.354 e. The van der Waals surface area contributed by atoms with Gasteiger partial charge in [-0.15, -0.1) is 0 Å². The van der Waals surface area contributed by atoms with Gasteiger partial charge in [0.05, 0.1) is 4.90 Å². The first kappa shape index (κ1) is 25.2. The molecule has 2 aliphatic heterocycles. The first-order chi connectivity index (χ1) is 14.9. The van der Waals surface area contributed by atoms with E-state index in [9.17, 15) is 13.2 Å². The number of benzene rings is 1. The van der Waals surface area contributed by atoms with Crippen LogP contribution in [-0.4, -0.2) is 61.8 Å². The average Bonchev–Trinajstić information content (AvgIpc) is 2.77. The lowest BCUT2D eigenvalue weighted by Crippen LogP contribution is -2.54. The molecule has 0 unspecified atom stereocenters. The third kappa shape index (κ3) is 5.91. The lowest BCUT2D eigenvalue weighted by atomic mass is 9.87. The van der Waals surface area contributed by atoms with E-state index in [1.165, 1.54) is 23.6 Å². The zero-order valence-electron chi connectivity index (χ0n) is 20.5. The summed E-state index contributed by atoms with van der Waals surface area (Å²) in [5, 5.41) is 3.15. The number of piperidine rings is 2. The first-order valence-corrected chi connectivity index (χ1v) is 13.5. The van der Waals surface area contributed by atoms with Crippen molar-refractivity contribution in [3.63, 3.8) is 0 Å². The minimum absolute atomic E-state index is 0.0173. The van der Waals surface area contributed by atoms with Crippen molar-refractivity contribution in [3.05, 3.63) is 29.8 Å². The standard InChI is InChI=1S/C25H41N3O3S/c1-24(2,3)21-9-11-22(12-10-21)32(30,31)28-17-13-20(14-18-28)23(29)26-19-25(4,5)27-15-7-6-8-16-27/h9-12,20H,6-8,13-19H2,1-5H3,(H,26,29). The van der Waals surface area contributed by atoms with E-state index in [-0.39, 0.29) is 22.8 Å². The fourth-order valence-corrected chi connectivity index (χ4v) is 6.16. The normalized spacial score (nSPS) is 20.3. The Morgan fingerprint density at radius 2 is 1.50 bits per heavy atom. The molecule has 1 N–H and O–H groups in total. The molecule has 0 radical (unpaired) electrons. The van der Waals surface area contributed by atoms with E-state index in [4.69, 9.17) is 0 Å². The second-order valence-corrected chi connectivity index (χ2v) is 13.0. The maximum Gasteiger partial charge on any atom is 0.243 e. The number of sulfonamides is 1. The van der Waals surface area contributed by atoms with Gasteiger partial charge in [0.2, 0.25) is 15.9 Å². The number of rotatable bonds is 6. The second-order valence-electron chi connectivity index (χ2n) is 11.0. The van der Waals surface area contributed by atoms with Crippen LogP contribution in [0.25, 0.3) is 0 Å². The largest absolute Gasteiger partial charge is 0.354 e. The number of nitrogens with zero attached hydrogens (tertiary/aromatic N) is 2. The van der Waals surface area contributed by atoms with E-state index in [2.05, 4.69) is 44.8 Å². The van der Waals surface area contributed by atoms with Crippen LogP contribution < -0.4 is 5.32 Å². The molecule has 2 heterocycles. The van der Waals surface area contributed by atoms with E-state index in [0.717, 1.165) is 18.7 Å². The minimum atomic E-state index is -3.53. The van der Waals surface area contributed by atoms with Gasteiger partial charge in [0, 0.05) is 31.1 Å². The summed E-state index contributed by atoms with van der Waals surface area (Å²) in [6.45, 7) is 14.3. The lowest BCUT2D eigenvalue weighted by Gasteiger charge is -2.41. The number of hydrogen-bond donors (Lipinski definition) is 1. The Bertz CT molecular complexity index is 874. The summed E-state index contributed by atoms with van der Waals surface area (Å²) < 4.78 is 27.7. The van der Waals surface area contributed by atoms with Crippen LogP contribution in [0.4, 0.5) is 0 Å². The Hall–Kier alpha value is -1.44. The number of amides is 1. The van der Waals surface area contributed by atoms with Crippen molar-refractivity contribution >= 4 is 15.9 Å². The van der Waals surface area contributed by atoms with E-state index in [0.29, 0.717) is 37.4 Å². The van der Waals surface area contributed by atoms with Crippen molar-refractivity contribution in [1.29, 1.82) is 0 Å². The van der Waals surface area contributed by atoms with Crippen LogP contribution >= 0.6 is 0 Å². The summed E-state index contributed by atoms with van der Waals surface area (Å²) in [4.78, 5) is 15.6. The van der Waals surface area contributed by atoms with Crippen molar-refractivity contribution in [2.24, 2.45) is 5.92 Å². The molecule has 1 aromatic rings. The zero-order valence-corrected chi connectivity index (χ0v) is 21.3. The Morgan fingerprint density at radius 3 is 2.03 bits per heavy atom. The van der Waals surface area contributed by atoms with E-state index in [1.807, 2.05) is 12.1 Å². The summed E-state index contributed by atoms with van der Waals surface area (Å²) in [6.07, 6.45) is 4.87. The second kappa shape index (κ2) is 9.82. The van der Waals surface area contributed by atoms with Crippen molar-refractivity contribution in [1.82, 2.24) is 14.5 Å². The van der Waals surface area contributed by atoms with Gasteiger partial charge in [-0.2, -0.15) is 4.31 Å². The molecule has 1 amide bonds. The van der Waals surface area contributed by atoms with E-state index in [1.54, 1.807) is 12.1 Å². The Balaban J connectivity index is 1.53. The fourth-order valence-electron chi connectivity index (χ4n) is 4.69. The maximum absolute atomic E-state index is 13.1. The van der Waals surface area contributed by atoms with Gasteiger partial charge in [-0.3, -0.25) is 9.69 Å². The van der Waals surface area contributed by atoms with E-state index >= 15 is 0 Å². The van der Waals surface area contributed by atoms with Gasteiger partial charge in [0.15, 0.2) is 0 Å². The number of carbonyl (C=O) groups excluding carboxylic acids is 1. The highest BCUT2D eigenvalue weighted by atomic mass is 32.2. The molecule has 0 aliphatic carbocycles. The van der Waals surface area contributed by atoms with Crippen molar-refractivity contribution in [3.8, 4) is 0 Å². The molecule has 2 saturated heterocycles. The van der Waals surface area contributed by atoms with Gasteiger partial charge in [-0.1, -0.05) is 39.3 Å². The van der Waals surface area contributed by atoms with E-state index < -0.39 is 10.0 Å². The van der Waals surface area contributed by atoms with Gasteiger partial charge in [-0.25, -0.2) is 8.42 Å². The van der Waals surface area contributed by atoms with Gasteiger partial charge in [0.1, 0.15) is 0 Å². The molecule has 2 fully saturated rings. The van der Waals surface area contributed by atoms with Crippen LogP contribution in [0.1, 0.15) is 72.3 Å². The fraction of sp³-hybridized carbons (Fsp3) is 0.720. The highest BCUT2D eigenvalue weighted by Gasteiger charge is 2.34. The molecule has 0 aromatic heterocycles. The number of hydrogen-bond acceptors (Lipinski definition) is 4. The number of likely N-dealkylation sites (tertiary alicyclic amines) is 1. The Morgan fingerprint density at radius 1 is 0.938 bits per heavy atom. The number of carbonyl (C=O) groups is 1. The molecule has 180 valence electrons. The molecule has 2 aliphatic rings. The summed E-state index contributed by atoms with van der Waals surface area (Å²) in [7, 11) is -3.53. The maximum atomic E-state index is 13.1. The van der Waals surface area contributed by atoms with Crippen molar-refractivity contribution in [2.75, 3.05) is 32.7 Å². The molecule has 32 heavy (non-hydrogen) atoms. The van der Waals surface area contributed by atoms with Gasteiger partial charge >= 0.3 is 0 Å². The molecule has 0 bridgehead atoms. The highest BCUT2D eigenvalue weighted by molar-refractivity contribution is 7.89. The molecule has 3 rings (SSSR count). The SMILES string of the molecule is CC(C)(C)c1ccc(S(=O)(=O)N2CCC(C(=O)NCC(C)(C)N3CCCCC3)CC2)cc1.